The molecule has 1 aromatic heterocycles. The summed E-state index contributed by atoms with van der Waals surface area (Å²) in [5.74, 6) is 1.46. The molecule has 0 saturated heterocycles. The van der Waals surface area contributed by atoms with Crippen LogP contribution >= 0.6 is 27.5 Å². The molecule has 102 valence electrons. The van der Waals surface area contributed by atoms with E-state index in [1.807, 2.05) is 18.2 Å². The number of fused-ring (bicyclic) bond motifs is 1. The number of methoxy groups -OCH3 is 1. The lowest BCUT2D eigenvalue weighted by molar-refractivity contribution is 0.184. The molecule has 0 aliphatic carbocycles. The fourth-order valence-corrected chi connectivity index (χ4v) is 2.77. The molecule has 0 aliphatic rings. The number of benzene rings is 1. The van der Waals surface area contributed by atoms with E-state index in [2.05, 4.69) is 32.3 Å². The first-order valence-electron chi connectivity index (χ1n) is 6.11. The van der Waals surface area contributed by atoms with Gasteiger partial charge >= 0.3 is 0 Å². The summed E-state index contributed by atoms with van der Waals surface area (Å²) in [7, 11) is 1.69. The maximum absolute atomic E-state index is 5.82. The molecule has 19 heavy (non-hydrogen) atoms. The zero-order valence-electron chi connectivity index (χ0n) is 10.7. The Morgan fingerprint density at radius 2 is 2.21 bits per heavy atom. The van der Waals surface area contributed by atoms with Gasteiger partial charge in [-0.15, -0.1) is 11.6 Å². The van der Waals surface area contributed by atoms with Gasteiger partial charge in [-0.1, -0.05) is 28.1 Å². The standard InChI is InChI=1S/C14H16BrClN2O/c1-19-9-10(5-7-16)18-14-12-3-2-4-13(15)11(12)6-8-17-14/h2-4,6,8,10H,5,7,9H2,1H3,(H,17,18). The minimum Gasteiger partial charge on any atom is -0.383 e. The Morgan fingerprint density at radius 3 is 2.95 bits per heavy atom. The van der Waals surface area contributed by atoms with Gasteiger partial charge in [-0.2, -0.15) is 0 Å². The Kier molecular flexibility index (Phi) is 5.43. The minimum atomic E-state index is 0.166. The second-order valence-corrected chi connectivity index (χ2v) is 5.50. The highest BCUT2D eigenvalue weighted by atomic mass is 79.9. The second kappa shape index (κ2) is 7.08. The van der Waals surface area contributed by atoms with Gasteiger partial charge in [0.25, 0.3) is 0 Å². The van der Waals surface area contributed by atoms with Crippen LogP contribution in [0.1, 0.15) is 6.42 Å². The molecule has 1 unspecified atom stereocenters. The van der Waals surface area contributed by atoms with E-state index < -0.39 is 0 Å². The van der Waals surface area contributed by atoms with E-state index in [1.165, 1.54) is 0 Å². The van der Waals surface area contributed by atoms with Crippen molar-refractivity contribution in [2.24, 2.45) is 0 Å². The van der Waals surface area contributed by atoms with Gasteiger partial charge in [0.2, 0.25) is 0 Å². The molecule has 0 spiro atoms. The Morgan fingerprint density at radius 1 is 1.37 bits per heavy atom. The number of nitrogens with one attached hydrogen (secondary N) is 1. The largest absolute Gasteiger partial charge is 0.383 e. The number of nitrogens with zero attached hydrogens (tertiary/aromatic N) is 1. The van der Waals surface area contributed by atoms with Crippen LogP contribution in [0.15, 0.2) is 34.9 Å². The third-order valence-electron chi connectivity index (χ3n) is 2.92. The zero-order valence-corrected chi connectivity index (χ0v) is 13.0. The van der Waals surface area contributed by atoms with Crippen LogP contribution in [0.4, 0.5) is 5.82 Å². The predicted octanol–water partition coefficient (Wildman–Crippen LogP) is 4.05. The molecule has 0 bridgehead atoms. The number of hydrogen-bond donors (Lipinski definition) is 1. The van der Waals surface area contributed by atoms with E-state index in [9.17, 15) is 0 Å². The summed E-state index contributed by atoms with van der Waals surface area (Å²) in [4.78, 5) is 4.42. The van der Waals surface area contributed by atoms with E-state index in [4.69, 9.17) is 16.3 Å². The van der Waals surface area contributed by atoms with Gasteiger partial charge in [0.15, 0.2) is 0 Å². The first kappa shape index (κ1) is 14.6. The lowest BCUT2D eigenvalue weighted by atomic mass is 10.1. The summed E-state index contributed by atoms with van der Waals surface area (Å²) >= 11 is 9.38. The molecule has 0 aliphatic heterocycles. The maximum Gasteiger partial charge on any atom is 0.134 e. The van der Waals surface area contributed by atoms with E-state index in [-0.39, 0.29) is 6.04 Å². The number of aromatic nitrogens is 1. The minimum absolute atomic E-state index is 0.166. The molecule has 0 saturated carbocycles. The molecule has 1 atom stereocenters. The molecule has 3 nitrogen and oxygen atoms in total. The first-order valence-corrected chi connectivity index (χ1v) is 7.43. The van der Waals surface area contributed by atoms with Gasteiger partial charge < -0.3 is 10.1 Å². The van der Waals surface area contributed by atoms with Gasteiger partial charge in [-0.25, -0.2) is 4.98 Å². The number of ether oxygens (including phenoxy) is 1. The molecular formula is C14H16BrClN2O. The smallest absolute Gasteiger partial charge is 0.134 e. The van der Waals surface area contributed by atoms with E-state index >= 15 is 0 Å². The van der Waals surface area contributed by atoms with E-state index in [0.717, 1.165) is 27.5 Å². The average Bonchev–Trinajstić information content (AvgIpc) is 2.40. The van der Waals surface area contributed by atoms with Crippen LogP contribution in [-0.2, 0) is 4.74 Å². The van der Waals surface area contributed by atoms with Crippen molar-refractivity contribution in [3.63, 3.8) is 0 Å². The van der Waals surface area contributed by atoms with Crippen molar-refractivity contribution in [1.29, 1.82) is 0 Å². The first-order chi connectivity index (χ1) is 9.26. The van der Waals surface area contributed by atoms with Crippen LogP contribution in [0.25, 0.3) is 10.8 Å². The van der Waals surface area contributed by atoms with E-state index in [0.29, 0.717) is 12.5 Å². The van der Waals surface area contributed by atoms with Crippen molar-refractivity contribution in [1.82, 2.24) is 4.98 Å². The maximum atomic E-state index is 5.82. The summed E-state index contributed by atoms with van der Waals surface area (Å²) < 4.78 is 6.27. The third kappa shape index (κ3) is 3.59. The topological polar surface area (TPSA) is 34.1 Å². The zero-order chi connectivity index (χ0) is 13.7. The molecule has 1 N–H and O–H groups in total. The predicted molar refractivity (Wildman–Crippen MR) is 84.1 cm³/mol. The van der Waals surface area contributed by atoms with Crippen LogP contribution in [-0.4, -0.2) is 30.6 Å². The molecule has 0 amide bonds. The Bertz CT molecular complexity index is 544. The van der Waals surface area contributed by atoms with Crippen molar-refractivity contribution in [3.8, 4) is 0 Å². The number of rotatable bonds is 6. The van der Waals surface area contributed by atoms with Crippen LogP contribution in [0.2, 0.25) is 0 Å². The number of anilines is 1. The van der Waals surface area contributed by atoms with Crippen molar-refractivity contribution in [3.05, 3.63) is 34.9 Å². The summed E-state index contributed by atoms with van der Waals surface area (Å²) in [5.41, 5.74) is 0. The van der Waals surface area contributed by atoms with Crippen LogP contribution in [0, 0.1) is 0 Å². The van der Waals surface area contributed by atoms with Crippen LogP contribution in [0.5, 0.6) is 0 Å². The van der Waals surface area contributed by atoms with Crippen molar-refractivity contribution < 1.29 is 4.74 Å². The highest BCUT2D eigenvalue weighted by molar-refractivity contribution is 9.10. The average molecular weight is 344 g/mol. The number of hydrogen-bond acceptors (Lipinski definition) is 3. The van der Waals surface area contributed by atoms with Gasteiger partial charge in [0.1, 0.15) is 5.82 Å². The molecule has 2 aromatic rings. The molecule has 1 heterocycles. The summed E-state index contributed by atoms with van der Waals surface area (Å²) in [6, 6.07) is 8.25. The Balaban J connectivity index is 2.31. The summed E-state index contributed by atoms with van der Waals surface area (Å²) in [6.45, 7) is 0.610. The molecule has 2 rings (SSSR count). The second-order valence-electron chi connectivity index (χ2n) is 4.27. The number of halogens is 2. The molecular weight excluding hydrogens is 328 g/mol. The normalized spacial score (nSPS) is 12.6. The monoisotopic (exact) mass is 342 g/mol. The van der Waals surface area contributed by atoms with Crippen LogP contribution < -0.4 is 5.32 Å². The number of alkyl halides is 1. The van der Waals surface area contributed by atoms with Crippen molar-refractivity contribution in [2.45, 2.75) is 12.5 Å². The fraction of sp³-hybridized carbons (Fsp3) is 0.357. The van der Waals surface area contributed by atoms with Crippen molar-refractivity contribution in [2.75, 3.05) is 24.9 Å². The van der Waals surface area contributed by atoms with Crippen molar-refractivity contribution >= 4 is 44.1 Å². The SMILES string of the molecule is COCC(CCCl)Nc1nccc2c(Br)cccc12. The Hall–Kier alpha value is -0.840. The lowest BCUT2D eigenvalue weighted by Gasteiger charge is -2.18. The highest BCUT2D eigenvalue weighted by Gasteiger charge is 2.11. The number of pyridine rings is 1. The quantitative estimate of drug-likeness (QED) is 0.803. The fourth-order valence-electron chi connectivity index (χ4n) is 2.01. The molecule has 1 aromatic carbocycles. The molecule has 0 fully saturated rings. The lowest BCUT2D eigenvalue weighted by Crippen LogP contribution is -2.26. The molecule has 0 radical (unpaired) electrons. The third-order valence-corrected chi connectivity index (χ3v) is 3.83. The Labute approximate surface area is 126 Å². The van der Waals surface area contributed by atoms with E-state index in [1.54, 1.807) is 13.3 Å². The summed E-state index contributed by atoms with van der Waals surface area (Å²) in [5, 5.41) is 5.64. The van der Waals surface area contributed by atoms with Gasteiger partial charge in [-0.05, 0) is 18.6 Å². The molecule has 5 heteroatoms. The van der Waals surface area contributed by atoms with Crippen LogP contribution in [0.3, 0.4) is 0 Å². The van der Waals surface area contributed by atoms with Gasteiger partial charge in [-0.3, -0.25) is 0 Å². The summed E-state index contributed by atoms with van der Waals surface area (Å²) in [6.07, 6.45) is 2.64. The highest BCUT2D eigenvalue weighted by Crippen LogP contribution is 2.28. The van der Waals surface area contributed by atoms with Gasteiger partial charge in [0.05, 0.1) is 12.6 Å². The van der Waals surface area contributed by atoms with Gasteiger partial charge in [0, 0.05) is 34.4 Å².